The Morgan fingerprint density at radius 1 is 1.37 bits per heavy atom. The van der Waals surface area contributed by atoms with Crippen LogP contribution in [-0.2, 0) is 10.3 Å². The minimum atomic E-state index is -3.82. The lowest BCUT2D eigenvalue weighted by atomic mass is 10.1. The van der Waals surface area contributed by atoms with E-state index in [2.05, 4.69) is 9.97 Å². The first-order valence-electron chi connectivity index (χ1n) is 5.30. The van der Waals surface area contributed by atoms with Crippen LogP contribution in [0.1, 0.15) is 0 Å². The zero-order valence-corrected chi connectivity index (χ0v) is 11.9. The maximum absolute atomic E-state index is 11.8. The Morgan fingerprint density at radius 3 is 2.68 bits per heavy atom. The third-order valence-corrected chi connectivity index (χ3v) is 3.89. The van der Waals surface area contributed by atoms with Crippen LogP contribution < -0.4 is 4.18 Å². The Labute approximate surface area is 116 Å². The van der Waals surface area contributed by atoms with Crippen molar-refractivity contribution in [1.29, 1.82) is 0 Å². The van der Waals surface area contributed by atoms with Crippen LogP contribution in [-0.4, -0.2) is 36.8 Å². The average molecular weight is 302 g/mol. The first-order valence-corrected chi connectivity index (χ1v) is 7.05. The molecule has 6 nitrogen and oxygen atoms in total. The normalized spacial score (nSPS) is 11.8. The topological polar surface area (TPSA) is 75.3 Å². The number of nitrogens with zero attached hydrogens (tertiary/aromatic N) is 2. The number of nitrogens with one attached hydrogen (secondary N) is 1. The molecule has 19 heavy (non-hydrogen) atoms. The predicted molar refractivity (Wildman–Crippen MR) is 72.3 cm³/mol. The van der Waals surface area contributed by atoms with Gasteiger partial charge in [-0.25, -0.2) is 4.98 Å². The zero-order chi connectivity index (χ0) is 14.0. The summed E-state index contributed by atoms with van der Waals surface area (Å²) in [7, 11) is -1.04. The van der Waals surface area contributed by atoms with Crippen LogP contribution in [0.4, 0.5) is 0 Å². The highest BCUT2D eigenvalue weighted by molar-refractivity contribution is 7.84. The van der Waals surface area contributed by atoms with E-state index in [1.165, 1.54) is 26.5 Å². The van der Waals surface area contributed by atoms with Gasteiger partial charge in [0, 0.05) is 24.7 Å². The molecule has 0 radical (unpaired) electrons. The van der Waals surface area contributed by atoms with E-state index in [0.717, 1.165) is 4.31 Å². The summed E-state index contributed by atoms with van der Waals surface area (Å²) in [5, 5.41) is 0.471. The van der Waals surface area contributed by atoms with Crippen LogP contribution >= 0.6 is 11.6 Å². The molecule has 1 aromatic heterocycles. The molecule has 0 fully saturated rings. The second-order valence-corrected chi connectivity index (χ2v) is 6.12. The molecule has 2 aromatic rings. The highest BCUT2D eigenvalue weighted by Gasteiger charge is 2.19. The molecule has 2 rings (SSSR count). The van der Waals surface area contributed by atoms with Gasteiger partial charge in [0.25, 0.3) is 0 Å². The van der Waals surface area contributed by atoms with Crippen LogP contribution in [0.5, 0.6) is 5.75 Å². The number of H-pyrrole nitrogens is 1. The number of hydrogen-bond donors (Lipinski definition) is 1. The molecule has 0 saturated carbocycles. The number of imidazole rings is 1. The summed E-state index contributed by atoms with van der Waals surface area (Å²) in [5.74, 6) is 0.183. The fourth-order valence-corrected chi connectivity index (χ4v) is 2.07. The van der Waals surface area contributed by atoms with Gasteiger partial charge in [-0.2, -0.15) is 12.7 Å². The zero-order valence-electron chi connectivity index (χ0n) is 10.3. The van der Waals surface area contributed by atoms with Crippen LogP contribution in [0.2, 0.25) is 5.02 Å². The minimum absolute atomic E-state index is 0.183. The highest BCUT2D eigenvalue weighted by Crippen LogP contribution is 2.32. The minimum Gasteiger partial charge on any atom is -0.370 e. The molecule has 0 aliphatic rings. The molecule has 8 heteroatoms. The Bertz CT molecular complexity index is 668. The molecule has 0 aliphatic carbocycles. The van der Waals surface area contributed by atoms with Gasteiger partial charge in [-0.05, 0) is 18.2 Å². The summed E-state index contributed by atoms with van der Waals surface area (Å²) >= 11 is 5.92. The average Bonchev–Trinajstić information content (AvgIpc) is 2.84. The van der Waals surface area contributed by atoms with E-state index in [9.17, 15) is 8.42 Å². The molecule has 0 amide bonds. The van der Waals surface area contributed by atoms with Gasteiger partial charge < -0.3 is 9.17 Å². The van der Waals surface area contributed by atoms with Crippen LogP contribution in [0, 0.1) is 0 Å². The van der Waals surface area contributed by atoms with Gasteiger partial charge in [0.1, 0.15) is 0 Å². The maximum atomic E-state index is 11.8. The van der Waals surface area contributed by atoms with Crippen molar-refractivity contribution in [1.82, 2.24) is 14.3 Å². The van der Waals surface area contributed by atoms with Crippen LogP contribution in [0.3, 0.4) is 0 Å². The molecule has 0 unspecified atom stereocenters. The van der Waals surface area contributed by atoms with Crippen molar-refractivity contribution in [3.63, 3.8) is 0 Å². The summed E-state index contributed by atoms with van der Waals surface area (Å²) < 4.78 is 29.6. The second kappa shape index (κ2) is 5.20. The van der Waals surface area contributed by atoms with Crippen molar-refractivity contribution < 1.29 is 12.6 Å². The number of rotatable bonds is 4. The van der Waals surface area contributed by atoms with Crippen molar-refractivity contribution >= 4 is 21.9 Å². The van der Waals surface area contributed by atoms with Gasteiger partial charge in [0.2, 0.25) is 0 Å². The molecule has 0 atom stereocenters. The van der Waals surface area contributed by atoms with E-state index in [1.54, 1.807) is 18.3 Å². The molecule has 0 bridgehead atoms. The van der Waals surface area contributed by atoms with E-state index < -0.39 is 10.3 Å². The van der Waals surface area contributed by atoms with Crippen molar-refractivity contribution in [2.75, 3.05) is 14.1 Å². The third-order valence-electron chi connectivity index (χ3n) is 2.37. The summed E-state index contributed by atoms with van der Waals surface area (Å²) in [4.78, 5) is 6.76. The first kappa shape index (κ1) is 13.9. The molecule has 0 aliphatic heterocycles. The largest absolute Gasteiger partial charge is 0.384 e. The van der Waals surface area contributed by atoms with E-state index in [1.807, 2.05) is 0 Å². The Hall–Kier alpha value is -1.57. The van der Waals surface area contributed by atoms with Crippen molar-refractivity contribution in [3.8, 4) is 17.0 Å². The Kier molecular flexibility index (Phi) is 3.79. The fourth-order valence-electron chi connectivity index (χ4n) is 1.38. The van der Waals surface area contributed by atoms with Crippen molar-refractivity contribution in [2.45, 2.75) is 0 Å². The van der Waals surface area contributed by atoms with Gasteiger partial charge in [0.15, 0.2) is 5.75 Å². The molecule has 1 aromatic carbocycles. The molecular formula is C11H12ClN3O3S. The lowest BCUT2D eigenvalue weighted by Gasteiger charge is -2.14. The van der Waals surface area contributed by atoms with Crippen molar-refractivity contribution in [3.05, 3.63) is 35.7 Å². The second-order valence-electron chi connectivity index (χ2n) is 3.93. The number of aromatic nitrogens is 2. The molecule has 1 heterocycles. The van der Waals surface area contributed by atoms with E-state index in [0.29, 0.717) is 16.3 Å². The third kappa shape index (κ3) is 3.06. The Balaban J connectivity index is 2.47. The number of halogens is 1. The lowest BCUT2D eigenvalue weighted by molar-refractivity contribution is 0.422. The molecule has 0 spiro atoms. The van der Waals surface area contributed by atoms with Crippen LogP contribution in [0.15, 0.2) is 30.7 Å². The standard InChI is InChI=1S/C11H12ClN3O3S/c1-15(2)19(16,17)18-11-4-3-8(12)5-9(11)10-6-13-7-14-10/h3-7H,1-2H3,(H,13,14). The number of benzene rings is 1. The number of aromatic amines is 1. The molecular weight excluding hydrogens is 290 g/mol. The van der Waals surface area contributed by atoms with E-state index in [4.69, 9.17) is 15.8 Å². The molecule has 1 N–H and O–H groups in total. The van der Waals surface area contributed by atoms with Gasteiger partial charge in [-0.3, -0.25) is 0 Å². The van der Waals surface area contributed by atoms with E-state index >= 15 is 0 Å². The summed E-state index contributed by atoms with van der Waals surface area (Å²) in [6.07, 6.45) is 3.04. The van der Waals surface area contributed by atoms with Crippen LogP contribution in [0.25, 0.3) is 11.3 Å². The monoisotopic (exact) mass is 301 g/mol. The summed E-state index contributed by atoms with van der Waals surface area (Å²) in [5.41, 5.74) is 1.14. The van der Waals surface area contributed by atoms with Crippen molar-refractivity contribution in [2.24, 2.45) is 0 Å². The van der Waals surface area contributed by atoms with E-state index in [-0.39, 0.29) is 5.75 Å². The first-order chi connectivity index (χ1) is 8.90. The molecule has 102 valence electrons. The van der Waals surface area contributed by atoms with Gasteiger partial charge in [0.05, 0.1) is 18.2 Å². The van der Waals surface area contributed by atoms with Gasteiger partial charge >= 0.3 is 10.3 Å². The molecule has 0 saturated heterocycles. The highest BCUT2D eigenvalue weighted by atomic mass is 35.5. The smallest absolute Gasteiger partial charge is 0.370 e. The predicted octanol–water partition coefficient (Wildman–Crippen LogP) is 1.92. The quantitative estimate of drug-likeness (QED) is 0.936. The Morgan fingerprint density at radius 2 is 2.11 bits per heavy atom. The SMILES string of the molecule is CN(C)S(=O)(=O)Oc1ccc(Cl)cc1-c1cnc[nH]1. The summed E-state index contributed by atoms with van der Waals surface area (Å²) in [6, 6.07) is 4.66. The lowest BCUT2D eigenvalue weighted by Crippen LogP contribution is -2.27. The summed E-state index contributed by atoms with van der Waals surface area (Å²) in [6.45, 7) is 0. The maximum Gasteiger partial charge on any atom is 0.384 e. The van der Waals surface area contributed by atoms with Gasteiger partial charge in [-0.15, -0.1) is 0 Å². The van der Waals surface area contributed by atoms with Gasteiger partial charge in [-0.1, -0.05) is 11.6 Å². The number of hydrogen-bond acceptors (Lipinski definition) is 4. The fraction of sp³-hybridized carbons (Fsp3) is 0.182.